The molecule has 1 aromatic carbocycles. The Morgan fingerprint density at radius 2 is 1.78 bits per heavy atom. The first-order chi connectivity index (χ1) is 8.47. The van der Waals surface area contributed by atoms with Gasteiger partial charge in [-0.05, 0) is 50.9 Å². The quantitative estimate of drug-likeness (QED) is 0.588. The van der Waals surface area contributed by atoms with E-state index in [9.17, 15) is 0 Å². The summed E-state index contributed by atoms with van der Waals surface area (Å²) in [5.41, 5.74) is 7.12. The lowest BCUT2D eigenvalue weighted by Gasteiger charge is -2.01. The van der Waals surface area contributed by atoms with E-state index >= 15 is 0 Å². The molecule has 0 saturated heterocycles. The molecule has 0 amide bonds. The van der Waals surface area contributed by atoms with Crippen LogP contribution in [0.5, 0.6) is 0 Å². The molecule has 4 nitrogen and oxygen atoms in total. The first kappa shape index (κ1) is 14.1. The van der Waals surface area contributed by atoms with Gasteiger partial charge in [0.1, 0.15) is 5.69 Å². The molecule has 0 aliphatic rings. The van der Waals surface area contributed by atoms with E-state index in [0.29, 0.717) is 10.1 Å². The van der Waals surface area contributed by atoms with Crippen LogP contribution in [0.4, 0.5) is 15.8 Å². The summed E-state index contributed by atoms with van der Waals surface area (Å²) in [5.74, 6) is 0. The molecule has 2 N–H and O–H groups in total. The fraction of sp³-hybridized carbons (Fsp3) is 0.100. The van der Waals surface area contributed by atoms with Crippen LogP contribution in [0, 0.1) is 6.92 Å². The molecule has 0 spiro atoms. The van der Waals surface area contributed by atoms with Crippen molar-refractivity contribution in [2.75, 3.05) is 5.73 Å². The van der Waals surface area contributed by atoms with Gasteiger partial charge in [-0.25, -0.2) is 4.98 Å². The Morgan fingerprint density at radius 3 is 2.28 bits per heavy atom. The van der Waals surface area contributed by atoms with Crippen molar-refractivity contribution in [2.45, 2.75) is 6.92 Å². The summed E-state index contributed by atoms with van der Waals surface area (Å²) >= 11 is 11.6. The van der Waals surface area contributed by atoms with Gasteiger partial charge in [-0.15, -0.1) is 10.2 Å². The third kappa shape index (κ3) is 3.17. The number of nitrogen functional groups attached to an aromatic ring is 1. The van der Waals surface area contributed by atoms with Crippen molar-refractivity contribution in [2.24, 2.45) is 10.2 Å². The van der Waals surface area contributed by atoms with Crippen LogP contribution in [-0.2, 0) is 0 Å². The van der Waals surface area contributed by atoms with Gasteiger partial charge >= 0.3 is 0 Å². The molecule has 0 fully saturated rings. The van der Waals surface area contributed by atoms with Crippen LogP contribution in [0.25, 0.3) is 0 Å². The van der Waals surface area contributed by atoms with E-state index in [1.54, 1.807) is 0 Å². The van der Waals surface area contributed by atoms with Gasteiger partial charge in [0.25, 0.3) is 0 Å². The van der Waals surface area contributed by atoms with Crippen LogP contribution in [-0.4, -0.2) is 4.98 Å². The second-order valence-corrected chi connectivity index (χ2v) is 6.99. The number of nitrogens with two attached hydrogens (primary N) is 1. The molecule has 2 aromatic rings. The average molecular weight is 455 g/mol. The number of hydrogen-bond acceptors (Lipinski definition) is 5. The maximum Gasteiger partial charge on any atom is 0.182 e. The number of nitrogens with zero attached hydrogens (tertiary/aromatic N) is 3. The standard InChI is InChI=1S/C10H7Br3N4S/c1-4-9(18-10(14)15-4)17-16-8-6(12)2-5(11)3-7(8)13/h2-3H,1H3,(H2,14,15). The van der Waals surface area contributed by atoms with Crippen molar-refractivity contribution in [3.05, 3.63) is 31.2 Å². The van der Waals surface area contributed by atoms with Crippen molar-refractivity contribution in [1.29, 1.82) is 0 Å². The Morgan fingerprint density at radius 1 is 1.17 bits per heavy atom. The number of benzene rings is 1. The first-order valence-electron chi connectivity index (χ1n) is 4.76. The maximum atomic E-state index is 5.61. The van der Waals surface area contributed by atoms with Gasteiger partial charge in [0.2, 0.25) is 0 Å². The minimum atomic E-state index is 0.496. The molecular formula is C10H7Br3N4S. The number of azo groups is 1. The summed E-state index contributed by atoms with van der Waals surface area (Å²) in [4.78, 5) is 4.09. The second kappa shape index (κ2) is 5.77. The Labute approximate surface area is 133 Å². The van der Waals surface area contributed by atoms with Crippen LogP contribution in [0.15, 0.2) is 35.8 Å². The summed E-state index contributed by atoms with van der Waals surface area (Å²) in [7, 11) is 0. The summed E-state index contributed by atoms with van der Waals surface area (Å²) < 4.78 is 2.66. The molecule has 0 aliphatic heterocycles. The van der Waals surface area contributed by atoms with Crippen molar-refractivity contribution in [1.82, 2.24) is 4.98 Å². The van der Waals surface area contributed by atoms with Gasteiger partial charge in [0.15, 0.2) is 10.1 Å². The third-order valence-corrected chi connectivity index (χ3v) is 4.55. The minimum absolute atomic E-state index is 0.496. The molecule has 2 rings (SSSR count). The lowest BCUT2D eigenvalue weighted by atomic mass is 10.3. The molecule has 0 radical (unpaired) electrons. The maximum absolute atomic E-state index is 5.61. The molecule has 0 atom stereocenters. The molecule has 8 heteroatoms. The minimum Gasteiger partial charge on any atom is -0.375 e. The molecule has 1 heterocycles. The summed E-state index contributed by atoms with van der Waals surface area (Å²) in [6.07, 6.45) is 0. The zero-order valence-electron chi connectivity index (χ0n) is 9.12. The highest BCUT2D eigenvalue weighted by Crippen LogP contribution is 2.38. The number of hydrogen-bond donors (Lipinski definition) is 1. The van der Waals surface area contributed by atoms with E-state index in [-0.39, 0.29) is 0 Å². The van der Waals surface area contributed by atoms with Gasteiger partial charge in [-0.1, -0.05) is 27.3 Å². The normalized spacial score (nSPS) is 11.3. The van der Waals surface area contributed by atoms with E-state index < -0.39 is 0 Å². The smallest absolute Gasteiger partial charge is 0.182 e. The van der Waals surface area contributed by atoms with Gasteiger partial charge < -0.3 is 5.73 Å². The van der Waals surface area contributed by atoms with Gasteiger partial charge in [-0.2, -0.15) is 0 Å². The summed E-state index contributed by atoms with van der Waals surface area (Å²) in [5, 5.41) is 9.60. The van der Waals surface area contributed by atoms with E-state index in [1.165, 1.54) is 11.3 Å². The Hall–Kier alpha value is -0.310. The van der Waals surface area contributed by atoms with Crippen LogP contribution in [0.2, 0.25) is 0 Å². The van der Waals surface area contributed by atoms with Crippen molar-refractivity contribution < 1.29 is 0 Å². The van der Waals surface area contributed by atoms with Gasteiger partial charge in [-0.3, -0.25) is 0 Å². The summed E-state index contributed by atoms with van der Waals surface area (Å²) in [6, 6.07) is 3.82. The highest BCUT2D eigenvalue weighted by Gasteiger charge is 2.08. The number of aromatic nitrogens is 1. The van der Waals surface area contributed by atoms with Crippen LogP contribution in [0.3, 0.4) is 0 Å². The highest BCUT2D eigenvalue weighted by atomic mass is 79.9. The van der Waals surface area contributed by atoms with E-state index in [0.717, 1.165) is 24.8 Å². The molecule has 0 bridgehead atoms. The van der Waals surface area contributed by atoms with E-state index in [1.807, 2.05) is 19.1 Å². The predicted molar refractivity (Wildman–Crippen MR) is 85.0 cm³/mol. The lowest BCUT2D eigenvalue weighted by Crippen LogP contribution is -1.80. The lowest BCUT2D eigenvalue weighted by molar-refractivity contribution is 1.18. The van der Waals surface area contributed by atoms with Crippen molar-refractivity contribution in [3.63, 3.8) is 0 Å². The Balaban J connectivity index is 2.37. The highest BCUT2D eigenvalue weighted by molar-refractivity contribution is 9.11. The molecular weight excluding hydrogens is 448 g/mol. The number of thiazole rings is 1. The number of anilines is 1. The van der Waals surface area contributed by atoms with Crippen LogP contribution in [0.1, 0.15) is 5.69 Å². The average Bonchev–Trinajstić information content (AvgIpc) is 2.55. The Kier molecular flexibility index (Phi) is 4.52. The topological polar surface area (TPSA) is 63.6 Å². The largest absolute Gasteiger partial charge is 0.375 e. The van der Waals surface area contributed by atoms with Gasteiger partial charge in [0.05, 0.1) is 5.69 Å². The monoisotopic (exact) mass is 452 g/mol. The SMILES string of the molecule is Cc1nc(N)sc1N=Nc1c(Br)cc(Br)cc1Br. The van der Waals surface area contributed by atoms with Gasteiger partial charge in [0, 0.05) is 13.4 Å². The summed E-state index contributed by atoms with van der Waals surface area (Å²) in [6.45, 7) is 1.85. The third-order valence-electron chi connectivity index (χ3n) is 2.01. The molecule has 94 valence electrons. The number of halogens is 3. The zero-order valence-corrected chi connectivity index (χ0v) is 14.7. The molecule has 0 unspecified atom stereocenters. The van der Waals surface area contributed by atoms with E-state index in [2.05, 4.69) is 63.0 Å². The van der Waals surface area contributed by atoms with Crippen LogP contribution < -0.4 is 5.73 Å². The first-order valence-corrected chi connectivity index (χ1v) is 7.96. The van der Waals surface area contributed by atoms with Crippen molar-refractivity contribution in [3.8, 4) is 0 Å². The second-order valence-electron chi connectivity index (χ2n) is 3.36. The van der Waals surface area contributed by atoms with E-state index in [4.69, 9.17) is 5.73 Å². The zero-order chi connectivity index (χ0) is 13.3. The van der Waals surface area contributed by atoms with Crippen LogP contribution >= 0.6 is 59.1 Å². The molecule has 18 heavy (non-hydrogen) atoms. The van der Waals surface area contributed by atoms with Crippen molar-refractivity contribution >= 4 is 74.9 Å². The number of rotatable bonds is 2. The molecule has 0 saturated carbocycles. The Bertz CT molecular complexity index is 601. The molecule has 0 aliphatic carbocycles. The predicted octanol–water partition coefficient (Wildman–Crippen LogP) is 5.74. The fourth-order valence-corrected chi connectivity index (χ4v) is 4.30. The molecule has 1 aromatic heterocycles. The fourth-order valence-electron chi connectivity index (χ4n) is 1.23. The number of aryl methyl sites for hydroxylation is 1.